The molecule has 0 aromatic carbocycles. The van der Waals surface area contributed by atoms with Crippen molar-refractivity contribution in [3.05, 3.63) is 25.3 Å². The quantitative estimate of drug-likeness (QED) is 0.318. The molecule has 0 bridgehead atoms. The Kier molecular flexibility index (Phi) is 10.6. The zero-order chi connectivity index (χ0) is 18.5. The van der Waals surface area contributed by atoms with Gasteiger partial charge in [0.15, 0.2) is 0 Å². The van der Waals surface area contributed by atoms with Crippen LogP contribution in [0.2, 0.25) is 0 Å². The second-order valence-electron chi connectivity index (χ2n) is 4.44. The molecule has 0 spiro atoms. The second kappa shape index (κ2) is 11.9. The summed E-state index contributed by atoms with van der Waals surface area (Å²) < 4.78 is 19.4. The van der Waals surface area contributed by atoms with Crippen molar-refractivity contribution in [3.8, 4) is 0 Å². The average Bonchev–Trinajstić information content (AvgIpc) is 2.58. The fourth-order valence-electron chi connectivity index (χ4n) is 1.35. The van der Waals surface area contributed by atoms with Crippen molar-refractivity contribution >= 4 is 23.9 Å². The smallest absolute Gasteiger partial charge is 0.333 e. The van der Waals surface area contributed by atoms with Gasteiger partial charge in [-0.15, -0.1) is 0 Å². The van der Waals surface area contributed by atoms with Crippen LogP contribution in [0.25, 0.3) is 0 Å². The first-order valence-corrected chi connectivity index (χ1v) is 7.41. The molecule has 8 nitrogen and oxygen atoms in total. The van der Waals surface area contributed by atoms with Gasteiger partial charge in [0.2, 0.25) is 12.6 Å². The Morgan fingerprint density at radius 2 is 1.08 bits per heavy atom. The Bertz CT molecular complexity index is 438. The lowest BCUT2D eigenvalue weighted by molar-refractivity contribution is -0.190. The van der Waals surface area contributed by atoms with Crippen LogP contribution < -0.4 is 0 Å². The van der Waals surface area contributed by atoms with Crippen molar-refractivity contribution in [1.82, 2.24) is 0 Å². The largest absolute Gasteiger partial charge is 0.425 e. The Morgan fingerprint density at radius 1 is 0.750 bits per heavy atom. The Balaban J connectivity index is 4.25. The van der Waals surface area contributed by atoms with E-state index in [4.69, 9.17) is 18.9 Å². The molecule has 0 N–H and O–H groups in total. The molecule has 0 aliphatic rings. The summed E-state index contributed by atoms with van der Waals surface area (Å²) in [4.78, 5) is 45.3. The van der Waals surface area contributed by atoms with Gasteiger partial charge in [-0.05, 0) is 0 Å². The van der Waals surface area contributed by atoms with Gasteiger partial charge in [-0.25, -0.2) is 9.59 Å². The van der Waals surface area contributed by atoms with E-state index >= 15 is 0 Å². The van der Waals surface area contributed by atoms with E-state index < -0.39 is 36.5 Å². The predicted molar refractivity (Wildman–Crippen MR) is 82.2 cm³/mol. The lowest BCUT2D eigenvalue weighted by atomic mass is 10.3. The maximum atomic E-state index is 11.6. The SMILES string of the molecule is C=CC(=O)OC(CC)OC(=O)CCC(=O)OC(CC)OC(=O)C=C. The minimum Gasteiger partial charge on any atom is -0.425 e. The summed E-state index contributed by atoms with van der Waals surface area (Å²) in [5, 5.41) is 0. The molecule has 134 valence electrons. The lowest BCUT2D eigenvalue weighted by Gasteiger charge is -2.17. The maximum absolute atomic E-state index is 11.6. The fraction of sp³-hybridized carbons (Fsp3) is 0.500. The summed E-state index contributed by atoms with van der Waals surface area (Å²) in [6.07, 6.45) is -0.227. The molecular formula is C16H22O8. The summed E-state index contributed by atoms with van der Waals surface area (Å²) in [7, 11) is 0. The molecule has 0 aliphatic heterocycles. The molecule has 24 heavy (non-hydrogen) atoms. The van der Waals surface area contributed by atoms with Gasteiger partial charge in [0.1, 0.15) is 0 Å². The molecule has 8 heteroatoms. The first-order chi connectivity index (χ1) is 11.4. The standard InChI is InChI=1S/C16H22O8/c1-5-11(17)21-15(7-3)23-13(19)9-10-14(20)24-16(8-4)22-12(18)6-2/h5-6,15-16H,1-2,7-10H2,3-4H3. The van der Waals surface area contributed by atoms with Gasteiger partial charge < -0.3 is 18.9 Å². The molecular weight excluding hydrogens is 320 g/mol. The van der Waals surface area contributed by atoms with Gasteiger partial charge >= 0.3 is 23.9 Å². The van der Waals surface area contributed by atoms with E-state index in [1.807, 2.05) is 0 Å². The maximum Gasteiger partial charge on any atom is 0.333 e. The van der Waals surface area contributed by atoms with Crippen LogP contribution in [0.3, 0.4) is 0 Å². The van der Waals surface area contributed by atoms with E-state index in [1.165, 1.54) is 0 Å². The average molecular weight is 342 g/mol. The molecule has 0 aromatic heterocycles. The minimum atomic E-state index is -1.05. The highest BCUT2D eigenvalue weighted by Crippen LogP contribution is 2.08. The van der Waals surface area contributed by atoms with E-state index in [1.54, 1.807) is 13.8 Å². The Morgan fingerprint density at radius 3 is 1.33 bits per heavy atom. The van der Waals surface area contributed by atoms with Crippen LogP contribution in [-0.4, -0.2) is 36.5 Å². The molecule has 2 atom stereocenters. The highest BCUT2D eigenvalue weighted by Gasteiger charge is 2.19. The monoisotopic (exact) mass is 342 g/mol. The van der Waals surface area contributed by atoms with E-state index in [-0.39, 0.29) is 25.7 Å². The van der Waals surface area contributed by atoms with Crippen LogP contribution in [-0.2, 0) is 38.1 Å². The summed E-state index contributed by atoms with van der Waals surface area (Å²) in [6.45, 7) is 9.77. The number of carbonyl (C=O) groups excluding carboxylic acids is 4. The van der Waals surface area contributed by atoms with Crippen LogP contribution in [0.1, 0.15) is 39.5 Å². The van der Waals surface area contributed by atoms with E-state index in [0.717, 1.165) is 12.2 Å². The Hall–Kier alpha value is -2.64. The zero-order valence-electron chi connectivity index (χ0n) is 13.8. The zero-order valence-corrected chi connectivity index (χ0v) is 13.8. The molecule has 0 heterocycles. The van der Waals surface area contributed by atoms with Gasteiger partial charge in [-0.2, -0.15) is 0 Å². The summed E-state index contributed by atoms with van der Waals surface area (Å²) in [5.74, 6) is -2.90. The van der Waals surface area contributed by atoms with Crippen molar-refractivity contribution in [3.63, 3.8) is 0 Å². The van der Waals surface area contributed by atoms with Gasteiger partial charge in [0.05, 0.1) is 12.8 Å². The number of esters is 4. The molecule has 0 radical (unpaired) electrons. The third kappa shape index (κ3) is 9.39. The van der Waals surface area contributed by atoms with Gasteiger partial charge in [0.25, 0.3) is 0 Å². The third-order valence-electron chi connectivity index (χ3n) is 2.55. The lowest BCUT2D eigenvalue weighted by Crippen LogP contribution is -2.25. The van der Waals surface area contributed by atoms with Crippen LogP contribution in [0, 0.1) is 0 Å². The third-order valence-corrected chi connectivity index (χ3v) is 2.55. The number of rotatable bonds is 11. The predicted octanol–water partition coefficient (Wildman–Crippen LogP) is 1.78. The number of ether oxygens (including phenoxy) is 4. The molecule has 0 aliphatic carbocycles. The molecule has 0 saturated carbocycles. The summed E-state index contributed by atoms with van der Waals surface area (Å²) in [5.41, 5.74) is 0. The second-order valence-corrected chi connectivity index (χ2v) is 4.44. The van der Waals surface area contributed by atoms with Crippen LogP contribution in [0.5, 0.6) is 0 Å². The topological polar surface area (TPSA) is 105 Å². The van der Waals surface area contributed by atoms with Crippen molar-refractivity contribution in [2.45, 2.75) is 52.1 Å². The highest BCUT2D eigenvalue weighted by atomic mass is 16.7. The minimum absolute atomic E-state index is 0.255. The van der Waals surface area contributed by atoms with Crippen molar-refractivity contribution in [1.29, 1.82) is 0 Å². The van der Waals surface area contributed by atoms with Crippen LogP contribution >= 0.6 is 0 Å². The van der Waals surface area contributed by atoms with E-state index in [9.17, 15) is 19.2 Å². The molecule has 0 saturated heterocycles. The highest BCUT2D eigenvalue weighted by molar-refractivity contribution is 5.82. The van der Waals surface area contributed by atoms with Crippen molar-refractivity contribution in [2.24, 2.45) is 0 Å². The van der Waals surface area contributed by atoms with Gasteiger partial charge in [-0.1, -0.05) is 27.0 Å². The first kappa shape index (κ1) is 21.4. The summed E-state index contributed by atoms with van der Waals surface area (Å²) in [6, 6.07) is 0. The van der Waals surface area contributed by atoms with Crippen molar-refractivity contribution < 1.29 is 38.1 Å². The molecule has 0 aromatic rings. The van der Waals surface area contributed by atoms with Gasteiger partial charge in [0, 0.05) is 25.0 Å². The summed E-state index contributed by atoms with van der Waals surface area (Å²) >= 11 is 0. The first-order valence-electron chi connectivity index (χ1n) is 7.41. The molecule has 0 rings (SSSR count). The van der Waals surface area contributed by atoms with E-state index in [2.05, 4.69) is 13.2 Å². The molecule has 2 unspecified atom stereocenters. The fourth-order valence-corrected chi connectivity index (χ4v) is 1.35. The van der Waals surface area contributed by atoms with Crippen LogP contribution in [0.15, 0.2) is 25.3 Å². The van der Waals surface area contributed by atoms with E-state index in [0.29, 0.717) is 0 Å². The van der Waals surface area contributed by atoms with Crippen LogP contribution in [0.4, 0.5) is 0 Å². The Labute approximate surface area is 140 Å². The number of hydrogen-bond donors (Lipinski definition) is 0. The molecule has 0 amide bonds. The molecule has 0 fully saturated rings. The van der Waals surface area contributed by atoms with Gasteiger partial charge in [-0.3, -0.25) is 9.59 Å². The number of hydrogen-bond acceptors (Lipinski definition) is 8. The number of carbonyl (C=O) groups is 4. The normalized spacial score (nSPS) is 12.2. The van der Waals surface area contributed by atoms with Crippen molar-refractivity contribution in [2.75, 3.05) is 0 Å².